The van der Waals surface area contributed by atoms with E-state index >= 15 is 0 Å². The first-order chi connectivity index (χ1) is 10.2. The monoisotopic (exact) mass is 327 g/mol. The molecule has 7 heteroatoms. The minimum Gasteiger partial charge on any atom is -0.464 e. The van der Waals surface area contributed by atoms with E-state index < -0.39 is 16.6 Å². The second-order valence-corrected chi connectivity index (χ2v) is 7.38. The van der Waals surface area contributed by atoms with Crippen molar-refractivity contribution in [2.45, 2.75) is 32.1 Å². The average molecular weight is 327 g/mol. The summed E-state index contributed by atoms with van der Waals surface area (Å²) in [6.45, 7) is 8.10. The number of hydrogen-bond acceptors (Lipinski definition) is 4. The molecule has 22 heavy (non-hydrogen) atoms. The van der Waals surface area contributed by atoms with Gasteiger partial charge in [-0.05, 0) is 31.5 Å². The van der Waals surface area contributed by atoms with Crippen molar-refractivity contribution in [3.63, 3.8) is 0 Å². The maximum Gasteiger partial charge on any atom is 0.335 e. The molecule has 0 amide bonds. The molecule has 1 aromatic rings. The molecule has 2 rings (SSSR count). The smallest absolute Gasteiger partial charge is 0.335 e. The Morgan fingerprint density at radius 2 is 2.18 bits per heavy atom. The van der Waals surface area contributed by atoms with Crippen LogP contribution in [0.5, 0.6) is 5.75 Å². The molecule has 1 aliphatic rings. The summed E-state index contributed by atoms with van der Waals surface area (Å²) in [4.78, 5) is 0. The van der Waals surface area contributed by atoms with Crippen molar-refractivity contribution in [1.29, 1.82) is 0 Å². The van der Waals surface area contributed by atoms with Crippen LogP contribution < -0.4 is 4.74 Å². The molecule has 1 atom stereocenters. The lowest BCUT2D eigenvalue weighted by Crippen LogP contribution is -2.34. The molecule has 6 nitrogen and oxygen atoms in total. The lowest BCUT2D eigenvalue weighted by Gasteiger charge is -2.25. The third-order valence-corrected chi connectivity index (χ3v) is 4.64. The summed E-state index contributed by atoms with van der Waals surface area (Å²) in [6.07, 6.45) is 1.24. The number of ether oxygens (including phenoxy) is 2. The molecule has 1 aromatic carbocycles. The molecule has 0 radical (unpaired) electrons. The summed E-state index contributed by atoms with van der Waals surface area (Å²) >= 11 is 0. The fourth-order valence-electron chi connectivity index (χ4n) is 2.41. The van der Waals surface area contributed by atoms with Crippen LogP contribution in [0.3, 0.4) is 0 Å². The van der Waals surface area contributed by atoms with Gasteiger partial charge in [-0.15, -0.1) is 6.58 Å². The van der Waals surface area contributed by atoms with Crippen molar-refractivity contribution in [2.75, 3.05) is 13.7 Å². The summed E-state index contributed by atoms with van der Waals surface area (Å²) < 4.78 is 43.5. The van der Waals surface area contributed by atoms with E-state index in [1.54, 1.807) is 18.2 Å². The highest BCUT2D eigenvalue weighted by Crippen LogP contribution is 2.43. The van der Waals surface area contributed by atoms with Crippen molar-refractivity contribution in [1.82, 2.24) is 4.31 Å². The normalized spacial score (nSPS) is 19.8. The average Bonchev–Trinajstić information content (AvgIpc) is 2.67. The van der Waals surface area contributed by atoms with Crippen molar-refractivity contribution < 1.29 is 22.4 Å². The molecule has 0 bridgehead atoms. The molecule has 0 aliphatic carbocycles. The molecule has 122 valence electrons. The topological polar surface area (TPSA) is 76.1 Å². The van der Waals surface area contributed by atoms with E-state index in [0.29, 0.717) is 6.61 Å². The Hall–Kier alpha value is -1.41. The summed E-state index contributed by atoms with van der Waals surface area (Å²) in [5.41, 5.74) is 1.34. The van der Waals surface area contributed by atoms with Crippen LogP contribution in [0.1, 0.15) is 25.0 Å². The number of hydrogen-bond donors (Lipinski definition) is 1. The Kier molecular flexibility index (Phi) is 4.62. The van der Waals surface area contributed by atoms with Crippen LogP contribution in [0.2, 0.25) is 0 Å². The van der Waals surface area contributed by atoms with Crippen LogP contribution in [0.15, 0.2) is 30.9 Å². The van der Waals surface area contributed by atoms with Crippen LogP contribution in [-0.2, 0) is 27.0 Å². The van der Waals surface area contributed by atoms with Crippen LogP contribution in [0.25, 0.3) is 0 Å². The van der Waals surface area contributed by atoms with Gasteiger partial charge in [-0.25, -0.2) is 0 Å². The Balaban J connectivity index is 2.25. The Bertz CT molecular complexity index is 669. The fraction of sp³-hybridized carbons (Fsp3) is 0.467. The molecule has 0 fully saturated rings. The van der Waals surface area contributed by atoms with Gasteiger partial charge in [-0.1, -0.05) is 12.1 Å². The first kappa shape index (κ1) is 17.0. The first-order valence-corrected chi connectivity index (χ1v) is 8.27. The maximum absolute atomic E-state index is 11.1. The van der Waals surface area contributed by atoms with E-state index in [9.17, 15) is 8.42 Å². The lowest BCUT2D eigenvalue weighted by atomic mass is 9.84. The molecule has 1 aliphatic heterocycles. The minimum atomic E-state index is -4.20. The second kappa shape index (κ2) is 6.00. The zero-order valence-electron chi connectivity index (χ0n) is 12.9. The molecular weight excluding hydrogens is 306 g/mol. The van der Waals surface area contributed by atoms with Gasteiger partial charge in [0.05, 0.1) is 12.0 Å². The van der Waals surface area contributed by atoms with Gasteiger partial charge >= 0.3 is 10.3 Å². The van der Waals surface area contributed by atoms with Crippen molar-refractivity contribution >= 4 is 10.3 Å². The van der Waals surface area contributed by atoms with Gasteiger partial charge in [0.25, 0.3) is 0 Å². The lowest BCUT2D eigenvalue weighted by molar-refractivity contribution is -0.0925. The third kappa shape index (κ3) is 3.33. The number of fused-ring (bicyclic) bond motifs is 1. The largest absolute Gasteiger partial charge is 0.464 e. The molecular formula is C15H21NO5S. The summed E-state index contributed by atoms with van der Waals surface area (Å²) in [7, 11) is -2.88. The SMILES string of the molecule is C=CCOC1Oc2ccc(CN(C)S(=O)(=O)O)cc2C1(C)C. The number of benzene rings is 1. The van der Waals surface area contributed by atoms with E-state index in [0.717, 1.165) is 21.2 Å². The molecule has 1 heterocycles. The maximum atomic E-state index is 11.1. The first-order valence-electron chi connectivity index (χ1n) is 6.87. The minimum absolute atomic E-state index is 0.0837. The van der Waals surface area contributed by atoms with Crippen LogP contribution >= 0.6 is 0 Å². The van der Waals surface area contributed by atoms with Crippen molar-refractivity contribution in [3.05, 3.63) is 42.0 Å². The Labute approximate surface area is 131 Å². The third-order valence-electron chi connectivity index (χ3n) is 3.73. The molecule has 1 unspecified atom stereocenters. The predicted octanol–water partition coefficient (Wildman–Crippen LogP) is 2.12. The van der Waals surface area contributed by atoms with Gasteiger partial charge in [0.2, 0.25) is 6.29 Å². The quantitative estimate of drug-likeness (QED) is 0.640. The fourth-order valence-corrected chi connectivity index (χ4v) is 2.72. The summed E-state index contributed by atoms with van der Waals surface area (Å²) in [5.74, 6) is 0.720. The molecule has 1 N–H and O–H groups in total. The molecule has 0 aromatic heterocycles. The van der Waals surface area contributed by atoms with Gasteiger partial charge in [-0.3, -0.25) is 4.55 Å². The van der Waals surface area contributed by atoms with Gasteiger partial charge < -0.3 is 9.47 Å². The molecule has 0 saturated heterocycles. The van der Waals surface area contributed by atoms with Crippen LogP contribution in [0.4, 0.5) is 0 Å². The summed E-state index contributed by atoms with van der Waals surface area (Å²) in [6, 6.07) is 5.45. The van der Waals surface area contributed by atoms with Crippen molar-refractivity contribution in [3.8, 4) is 5.75 Å². The zero-order valence-corrected chi connectivity index (χ0v) is 13.8. The summed E-state index contributed by atoms with van der Waals surface area (Å²) in [5, 5.41) is 0. The standard InChI is InChI=1S/C15H21NO5S/c1-5-8-20-14-15(2,3)12-9-11(6-7-13(12)21-14)10-16(4)22(17,18)19/h5-7,9,14H,1,8,10H2,2-4H3,(H,17,18,19). The highest BCUT2D eigenvalue weighted by atomic mass is 32.2. The van der Waals surface area contributed by atoms with Crippen LogP contribution in [-0.4, -0.2) is 37.2 Å². The van der Waals surface area contributed by atoms with Crippen molar-refractivity contribution in [2.24, 2.45) is 0 Å². The van der Waals surface area contributed by atoms with Crippen LogP contribution in [0, 0.1) is 0 Å². The van der Waals surface area contributed by atoms with E-state index in [1.165, 1.54) is 7.05 Å². The molecule has 0 saturated carbocycles. The van der Waals surface area contributed by atoms with E-state index in [4.69, 9.17) is 14.0 Å². The number of rotatable bonds is 6. The van der Waals surface area contributed by atoms with Gasteiger partial charge in [0, 0.05) is 19.2 Å². The van der Waals surface area contributed by atoms with Gasteiger partial charge in [0.1, 0.15) is 5.75 Å². The Morgan fingerprint density at radius 1 is 1.50 bits per heavy atom. The highest BCUT2D eigenvalue weighted by Gasteiger charge is 2.42. The molecule has 0 spiro atoms. The predicted molar refractivity (Wildman–Crippen MR) is 83.0 cm³/mol. The number of nitrogens with zero attached hydrogens (tertiary/aromatic N) is 1. The Morgan fingerprint density at radius 3 is 2.77 bits per heavy atom. The van der Waals surface area contributed by atoms with E-state index in [2.05, 4.69) is 6.58 Å². The van der Waals surface area contributed by atoms with E-state index in [-0.39, 0.29) is 12.0 Å². The second-order valence-electron chi connectivity index (χ2n) is 5.86. The zero-order chi connectivity index (χ0) is 16.5. The van der Waals surface area contributed by atoms with Gasteiger partial charge in [-0.2, -0.15) is 12.7 Å². The highest BCUT2D eigenvalue weighted by molar-refractivity contribution is 7.83. The van der Waals surface area contributed by atoms with E-state index in [1.807, 2.05) is 19.9 Å². The van der Waals surface area contributed by atoms with Gasteiger partial charge in [0.15, 0.2) is 0 Å².